The molecule has 1 aromatic carbocycles. The Morgan fingerprint density at radius 1 is 0.865 bits per heavy atom. The number of carbonyl (C=O) groups excluding carboxylic acids is 2. The number of rotatable bonds is 4. The lowest BCUT2D eigenvalue weighted by molar-refractivity contribution is -0.137. The predicted octanol–water partition coefficient (Wildman–Crippen LogP) is 7.92. The van der Waals surface area contributed by atoms with Gasteiger partial charge in [-0.15, -0.1) is 0 Å². The molecule has 1 aliphatic heterocycles. The average molecular weight is 512 g/mol. The summed E-state index contributed by atoms with van der Waals surface area (Å²) in [5, 5.41) is 3.69. The van der Waals surface area contributed by atoms with E-state index in [4.69, 9.17) is 0 Å². The first-order valence-electron chi connectivity index (χ1n) is 14.3. The number of halogens is 3. The molecule has 0 saturated heterocycles. The number of benzene rings is 1. The molecule has 6 heteroatoms. The third kappa shape index (κ3) is 4.48. The van der Waals surface area contributed by atoms with Crippen LogP contribution in [0.5, 0.6) is 0 Å². The molecule has 3 nitrogen and oxygen atoms in total. The second-order valence-corrected chi connectivity index (χ2v) is 12.2. The van der Waals surface area contributed by atoms with Gasteiger partial charge in [0, 0.05) is 40.4 Å². The van der Waals surface area contributed by atoms with E-state index in [9.17, 15) is 22.8 Å². The van der Waals surface area contributed by atoms with Crippen LogP contribution in [0.2, 0.25) is 0 Å². The molecular weight excluding hydrogens is 475 g/mol. The number of dihydropyridines is 1. The summed E-state index contributed by atoms with van der Waals surface area (Å²) in [4.78, 5) is 28.1. The van der Waals surface area contributed by atoms with E-state index in [0.717, 1.165) is 99.7 Å². The van der Waals surface area contributed by atoms with Crippen LogP contribution in [0.3, 0.4) is 0 Å². The van der Waals surface area contributed by atoms with Crippen LogP contribution in [0.4, 0.5) is 13.2 Å². The molecule has 0 amide bonds. The van der Waals surface area contributed by atoms with Crippen LogP contribution in [-0.4, -0.2) is 11.6 Å². The van der Waals surface area contributed by atoms with Crippen LogP contribution in [0, 0.1) is 23.2 Å². The Bertz CT molecular complexity index is 1140. The first-order valence-corrected chi connectivity index (χ1v) is 14.3. The van der Waals surface area contributed by atoms with E-state index in [1.165, 1.54) is 25.0 Å². The first kappa shape index (κ1) is 24.9. The smallest absolute Gasteiger partial charge is 0.361 e. The van der Waals surface area contributed by atoms with Gasteiger partial charge in [-0.3, -0.25) is 9.59 Å². The van der Waals surface area contributed by atoms with Crippen LogP contribution in [-0.2, 0) is 11.0 Å². The van der Waals surface area contributed by atoms with Gasteiger partial charge in [0.15, 0.2) is 11.6 Å². The van der Waals surface area contributed by atoms with Crippen molar-refractivity contribution >= 4 is 11.6 Å². The lowest BCUT2D eigenvalue weighted by atomic mass is 9.57. The van der Waals surface area contributed by atoms with Crippen molar-refractivity contribution in [2.45, 2.75) is 96.1 Å². The standard InChI is InChI=1S/C31H36F3NO2/c32-31(33,34)22-13-11-21(12-14-22)29(37)27-25(19-7-2-1-3-8-19)26-23(35-28(27)20-9-4-5-10-20)17-30(15-6-16-30)18-24(26)36/h11-14,19-20,25,35H,1-10,15-18H2. The van der Waals surface area contributed by atoms with Crippen LogP contribution in [0.25, 0.3) is 0 Å². The molecule has 1 unspecified atom stereocenters. The maximum atomic E-state index is 14.2. The van der Waals surface area contributed by atoms with Crippen LogP contribution < -0.4 is 5.32 Å². The molecule has 37 heavy (non-hydrogen) atoms. The molecule has 1 aromatic rings. The van der Waals surface area contributed by atoms with Crippen molar-refractivity contribution in [2.75, 3.05) is 0 Å². The van der Waals surface area contributed by atoms with E-state index in [2.05, 4.69) is 5.32 Å². The van der Waals surface area contributed by atoms with Crippen molar-refractivity contribution < 1.29 is 22.8 Å². The normalized spacial score (nSPS) is 26.8. The zero-order chi connectivity index (χ0) is 25.8. The van der Waals surface area contributed by atoms with E-state index < -0.39 is 11.7 Å². The van der Waals surface area contributed by atoms with Crippen molar-refractivity contribution in [1.29, 1.82) is 0 Å². The number of carbonyl (C=O) groups is 2. The van der Waals surface area contributed by atoms with Gasteiger partial charge in [-0.2, -0.15) is 13.2 Å². The Balaban J connectivity index is 1.46. The molecule has 1 N–H and O–H groups in total. The Hall–Kier alpha value is -2.37. The van der Waals surface area contributed by atoms with Gasteiger partial charge in [0.1, 0.15) is 0 Å². The summed E-state index contributed by atoms with van der Waals surface area (Å²) in [6, 6.07) is 4.65. The number of nitrogens with one attached hydrogen (secondary N) is 1. The molecular formula is C31H36F3NO2. The predicted molar refractivity (Wildman–Crippen MR) is 136 cm³/mol. The highest BCUT2D eigenvalue weighted by Crippen LogP contribution is 2.56. The van der Waals surface area contributed by atoms with Crippen LogP contribution in [0.1, 0.15) is 106 Å². The molecule has 1 heterocycles. The molecule has 198 valence electrons. The van der Waals surface area contributed by atoms with E-state index >= 15 is 0 Å². The third-order valence-electron chi connectivity index (χ3n) is 9.93. The molecule has 0 bridgehead atoms. The maximum absolute atomic E-state index is 14.2. The van der Waals surface area contributed by atoms with Crippen LogP contribution in [0.15, 0.2) is 46.8 Å². The highest BCUT2D eigenvalue weighted by molar-refractivity contribution is 6.12. The van der Waals surface area contributed by atoms with E-state index in [1.54, 1.807) is 0 Å². The molecule has 0 radical (unpaired) electrons. The number of alkyl halides is 3. The molecule has 1 atom stereocenters. The van der Waals surface area contributed by atoms with Gasteiger partial charge in [-0.1, -0.05) is 50.7 Å². The Morgan fingerprint density at radius 2 is 1.51 bits per heavy atom. The van der Waals surface area contributed by atoms with Gasteiger partial charge < -0.3 is 5.32 Å². The number of allylic oxidation sites excluding steroid dienone is 4. The SMILES string of the molecule is O=C1CC2(CCC2)CC2=C1C(C1CCCCC1)C(C(=O)c1ccc(C(F)(F)F)cc1)=C(C1CCCC1)N2. The summed E-state index contributed by atoms with van der Waals surface area (Å²) in [6.45, 7) is 0. The van der Waals surface area contributed by atoms with Crippen LogP contribution >= 0.6 is 0 Å². The minimum Gasteiger partial charge on any atom is -0.361 e. The highest BCUT2D eigenvalue weighted by atomic mass is 19.4. The molecule has 3 fully saturated rings. The monoisotopic (exact) mass is 511 g/mol. The topological polar surface area (TPSA) is 46.2 Å². The Morgan fingerprint density at radius 3 is 2.11 bits per heavy atom. The molecule has 0 aromatic heterocycles. The van der Waals surface area contributed by atoms with Crippen molar-refractivity contribution in [3.8, 4) is 0 Å². The Kier molecular flexibility index (Phi) is 6.35. The highest BCUT2D eigenvalue weighted by Gasteiger charge is 2.50. The summed E-state index contributed by atoms with van der Waals surface area (Å²) in [5.74, 6) is 0.203. The van der Waals surface area contributed by atoms with Crippen molar-refractivity contribution in [3.05, 3.63) is 57.9 Å². The summed E-state index contributed by atoms with van der Waals surface area (Å²) >= 11 is 0. The number of ketones is 2. The largest absolute Gasteiger partial charge is 0.416 e. The van der Waals surface area contributed by atoms with Gasteiger partial charge in [0.05, 0.1) is 5.56 Å². The molecule has 5 aliphatic rings. The van der Waals surface area contributed by atoms with Crippen molar-refractivity contribution in [2.24, 2.45) is 23.2 Å². The van der Waals surface area contributed by atoms with Gasteiger partial charge in [0.25, 0.3) is 0 Å². The minimum absolute atomic E-state index is 0.0791. The summed E-state index contributed by atoms with van der Waals surface area (Å²) in [6.07, 6.45) is 9.92. The third-order valence-corrected chi connectivity index (χ3v) is 9.93. The number of Topliss-reactive ketones (excluding diaryl/α,β-unsaturated/α-hetero) is 2. The van der Waals surface area contributed by atoms with Gasteiger partial charge in [0.2, 0.25) is 0 Å². The first-order chi connectivity index (χ1) is 17.8. The maximum Gasteiger partial charge on any atom is 0.416 e. The van der Waals surface area contributed by atoms with Crippen molar-refractivity contribution in [3.63, 3.8) is 0 Å². The Labute approximate surface area is 217 Å². The fourth-order valence-electron chi connectivity index (χ4n) is 7.89. The van der Waals surface area contributed by atoms with Crippen molar-refractivity contribution in [1.82, 2.24) is 5.32 Å². The molecule has 6 rings (SSSR count). The molecule has 4 aliphatic carbocycles. The minimum atomic E-state index is -4.45. The summed E-state index contributed by atoms with van der Waals surface area (Å²) in [7, 11) is 0. The molecule has 1 spiro atoms. The zero-order valence-electron chi connectivity index (χ0n) is 21.4. The van der Waals surface area contributed by atoms with Gasteiger partial charge >= 0.3 is 6.18 Å². The van der Waals surface area contributed by atoms with Gasteiger partial charge in [-0.25, -0.2) is 0 Å². The summed E-state index contributed by atoms with van der Waals surface area (Å²) < 4.78 is 39.7. The summed E-state index contributed by atoms with van der Waals surface area (Å²) in [5.41, 5.74) is 3.13. The van der Waals surface area contributed by atoms with E-state index in [0.29, 0.717) is 12.0 Å². The fraction of sp³-hybridized carbons (Fsp3) is 0.613. The fourth-order valence-corrected chi connectivity index (χ4v) is 7.89. The van der Waals surface area contributed by atoms with E-state index in [1.807, 2.05) is 0 Å². The second-order valence-electron chi connectivity index (χ2n) is 12.2. The lowest BCUT2D eigenvalue weighted by Crippen LogP contribution is -2.46. The van der Waals surface area contributed by atoms with Gasteiger partial charge in [-0.05, 0) is 74.3 Å². The molecule has 3 saturated carbocycles. The van der Waals surface area contributed by atoms with E-state index in [-0.39, 0.29) is 40.3 Å². The number of hydrogen-bond acceptors (Lipinski definition) is 3. The zero-order valence-corrected chi connectivity index (χ0v) is 21.4. The second kappa shape index (κ2) is 9.43. The number of hydrogen-bond donors (Lipinski definition) is 1. The lowest BCUT2D eigenvalue weighted by Gasteiger charge is -2.49. The average Bonchev–Trinajstić information content (AvgIpc) is 3.41. The quantitative estimate of drug-likeness (QED) is 0.418.